The van der Waals surface area contributed by atoms with Crippen LogP contribution >= 0.6 is 0 Å². The summed E-state index contributed by atoms with van der Waals surface area (Å²) in [6.07, 6.45) is 1.10. The van der Waals surface area contributed by atoms with Crippen LogP contribution in [0.1, 0.15) is 73.6 Å². The van der Waals surface area contributed by atoms with Gasteiger partial charge in [-0.25, -0.2) is 47.2 Å². The molecule has 23 heteroatoms. The Morgan fingerprint density at radius 3 is 1.40 bits per heavy atom. The molecule has 84 heavy (non-hydrogen) atoms. The Balaban J connectivity index is 0.000000141. The monoisotopic (exact) mass is 1210 g/mol. The first kappa shape index (κ1) is 59.0. The molecule has 0 unspecified atom stereocenters. The number of aryl methyl sites for hydroxylation is 2. The van der Waals surface area contributed by atoms with Gasteiger partial charge in [-0.05, 0) is 164 Å². The van der Waals surface area contributed by atoms with E-state index in [1.807, 2.05) is 24.3 Å². The van der Waals surface area contributed by atoms with E-state index < -0.39 is 88.5 Å². The van der Waals surface area contributed by atoms with Gasteiger partial charge in [-0.1, -0.05) is 36.4 Å². The molecule has 0 fully saturated rings. The molecular weight excluding hydrogens is 1160 g/mol. The zero-order chi connectivity index (χ0) is 60.5. The molecule has 15 nitrogen and oxygen atoms in total. The predicted octanol–water partition coefficient (Wildman–Crippen LogP) is 10.2. The Morgan fingerprint density at radius 1 is 0.488 bits per heavy atom. The molecule has 0 bridgehead atoms. The first-order valence-corrected chi connectivity index (χ1v) is 31.4. The lowest BCUT2D eigenvalue weighted by atomic mass is 9.97. The lowest BCUT2D eigenvalue weighted by Crippen LogP contribution is -2.28. The number of carbonyl (C=O) groups is 3. The van der Waals surface area contributed by atoms with Crippen LogP contribution in [0.25, 0.3) is 32.7 Å². The van der Waals surface area contributed by atoms with Crippen molar-refractivity contribution in [2.24, 2.45) is 0 Å². The average molecular weight is 1210 g/mol. The second-order valence-corrected chi connectivity index (χ2v) is 27.4. The molecule has 438 valence electrons. The Morgan fingerprint density at radius 2 is 0.917 bits per heavy atom. The predicted molar refractivity (Wildman–Crippen MR) is 303 cm³/mol. The number of aliphatic carboxylic acids is 3. The van der Waals surface area contributed by atoms with E-state index in [2.05, 4.69) is 0 Å². The van der Waals surface area contributed by atoms with Crippen molar-refractivity contribution in [2.75, 3.05) is 17.3 Å². The second kappa shape index (κ2) is 22.1. The van der Waals surface area contributed by atoms with E-state index >= 15 is 0 Å². The topological polar surface area (TPSA) is 229 Å². The third-order valence-electron chi connectivity index (χ3n) is 16.0. The SMILES string of the molecule is Cc1c(Cc2ccc3c(c2)C(F)(F)CCS3(=O)=O)c2cc(F)ccc2n1CC(=O)O.Cc1c(Cc2ccc3c(c2)S(=O)(=O)CC3)c2cc(F)ccc2n1CC(=O)O.Cc1c(Cc2cccc3c2S(=O)(=O)CC3)c2cc(F)ccc2n1CC(=O)O. The standard InChI is InChI=1S/C21H18F3NO4S.2C20H18FNO4S/c1-12-15(16-10-14(22)3-4-18(16)25(12)11-20(26)27)8-13-2-5-19-17(9-13)21(23,24)6-7-30(19,28)29;1-12-16(8-13-2-3-14-6-7-27(25,26)19(14)9-13)17-10-15(21)4-5-18(17)22(12)11-20(23)24;1-12-16(9-14-4-2-3-13-7-8-27(25,26)20(13)14)17-10-15(21)5-6-18(17)22(12)11-19(23)24/h2-5,9-10H,6-8,11H2,1H3,(H,26,27);2-5,9-10H,6-8,11H2,1H3,(H,23,24);2-6,10H,7-9,11H2,1H3,(H,23,24). The number of rotatable bonds is 12. The molecule has 0 saturated heterocycles. The normalized spacial score (nSPS) is 15.9. The third-order valence-corrected chi connectivity index (χ3v) is 21.4. The van der Waals surface area contributed by atoms with Gasteiger partial charge in [0.2, 0.25) is 0 Å². The van der Waals surface area contributed by atoms with E-state index in [0.29, 0.717) is 96.3 Å². The highest BCUT2D eigenvalue weighted by Gasteiger charge is 2.43. The molecule has 0 amide bonds. The summed E-state index contributed by atoms with van der Waals surface area (Å²) >= 11 is 0. The van der Waals surface area contributed by atoms with Gasteiger partial charge < -0.3 is 29.0 Å². The van der Waals surface area contributed by atoms with Crippen LogP contribution in [-0.2, 0) is 102 Å². The van der Waals surface area contributed by atoms with Crippen LogP contribution in [0.15, 0.2) is 124 Å². The van der Waals surface area contributed by atoms with Crippen LogP contribution < -0.4 is 0 Å². The number of carboxylic acid groups (broad SMARTS) is 3. The molecule has 6 aromatic carbocycles. The molecule has 3 aliphatic rings. The number of sulfone groups is 3. The molecule has 0 radical (unpaired) electrons. The highest BCUT2D eigenvalue weighted by molar-refractivity contribution is 7.92. The van der Waals surface area contributed by atoms with Gasteiger partial charge in [-0.3, -0.25) is 14.4 Å². The fourth-order valence-electron chi connectivity index (χ4n) is 11.9. The molecule has 9 aromatic rings. The van der Waals surface area contributed by atoms with Crippen LogP contribution in [0.2, 0.25) is 0 Å². The molecule has 0 saturated carbocycles. The summed E-state index contributed by atoms with van der Waals surface area (Å²) in [7, 11) is -10.3. The summed E-state index contributed by atoms with van der Waals surface area (Å²) in [6.45, 7) is 4.50. The van der Waals surface area contributed by atoms with Crippen molar-refractivity contribution < 1.29 is 76.9 Å². The van der Waals surface area contributed by atoms with Crippen LogP contribution in [0.4, 0.5) is 22.0 Å². The summed E-state index contributed by atoms with van der Waals surface area (Å²) < 4.78 is 149. The lowest BCUT2D eigenvalue weighted by Gasteiger charge is -2.25. The smallest absolute Gasteiger partial charge is 0.323 e. The van der Waals surface area contributed by atoms with Crippen molar-refractivity contribution in [3.63, 3.8) is 0 Å². The Labute approximate surface area is 479 Å². The number of alkyl halides is 2. The van der Waals surface area contributed by atoms with E-state index in [0.717, 1.165) is 33.5 Å². The highest BCUT2D eigenvalue weighted by Crippen LogP contribution is 2.43. The minimum absolute atomic E-state index is 0.105. The van der Waals surface area contributed by atoms with E-state index in [9.17, 15) is 76.9 Å². The molecule has 12 rings (SSSR count). The van der Waals surface area contributed by atoms with Gasteiger partial charge in [0.1, 0.15) is 37.1 Å². The average Bonchev–Trinajstić information content (AvgIpc) is 2.48. The fraction of sp³-hybridized carbons (Fsp3) is 0.262. The first-order chi connectivity index (χ1) is 39.5. The maximum atomic E-state index is 14.4. The van der Waals surface area contributed by atoms with E-state index in [1.165, 1.54) is 65.2 Å². The van der Waals surface area contributed by atoms with E-state index in [1.54, 1.807) is 54.2 Å². The molecule has 3 aliphatic heterocycles. The largest absolute Gasteiger partial charge is 0.480 e. The number of hydrogen-bond donors (Lipinski definition) is 3. The molecule has 0 aliphatic carbocycles. The maximum absolute atomic E-state index is 14.4. The summed E-state index contributed by atoms with van der Waals surface area (Å²) in [5, 5.41) is 29.4. The van der Waals surface area contributed by atoms with Gasteiger partial charge in [-0.2, -0.15) is 0 Å². The van der Waals surface area contributed by atoms with Gasteiger partial charge in [-0.15, -0.1) is 0 Å². The molecule has 3 aromatic heterocycles. The molecule has 0 spiro atoms. The zero-order valence-electron chi connectivity index (χ0n) is 45.3. The van der Waals surface area contributed by atoms with Crippen molar-refractivity contribution in [3.8, 4) is 0 Å². The van der Waals surface area contributed by atoms with Gasteiger partial charge in [0.25, 0.3) is 5.92 Å². The second-order valence-electron chi connectivity index (χ2n) is 21.2. The molecular formula is C61H54F5N3O12S3. The Hall–Kier alpha value is -8.15. The summed E-state index contributed by atoms with van der Waals surface area (Å²) in [6, 6.07) is 27.2. The number of fused-ring (bicyclic) bond motifs is 6. The number of nitrogens with zero attached hydrogens (tertiary/aromatic N) is 3. The zero-order valence-corrected chi connectivity index (χ0v) is 47.8. The van der Waals surface area contributed by atoms with Gasteiger partial charge in [0.15, 0.2) is 29.5 Å². The van der Waals surface area contributed by atoms with Crippen LogP contribution in [0.3, 0.4) is 0 Å². The van der Waals surface area contributed by atoms with Crippen molar-refractivity contribution in [1.29, 1.82) is 0 Å². The highest BCUT2D eigenvalue weighted by atomic mass is 32.2. The maximum Gasteiger partial charge on any atom is 0.323 e. The lowest BCUT2D eigenvalue weighted by molar-refractivity contribution is -0.138. The molecule has 6 heterocycles. The van der Waals surface area contributed by atoms with Crippen molar-refractivity contribution in [2.45, 2.75) is 99.5 Å². The van der Waals surface area contributed by atoms with Crippen LogP contribution in [0, 0.1) is 38.2 Å². The molecule has 0 atom stereocenters. The minimum atomic E-state index is -3.76. The quantitative estimate of drug-likeness (QED) is 0.0971. The van der Waals surface area contributed by atoms with Crippen molar-refractivity contribution in [3.05, 3.63) is 194 Å². The van der Waals surface area contributed by atoms with Crippen LogP contribution in [0.5, 0.6) is 0 Å². The number of benzene rings is 6. The van der Waals surface area contributed by atoms with Gasteiger partial charge >= 0.3 is 17.9 Å². The molecule has 3 N–H and O–H groups in total. The van der Waals surface area contributed by atoms with Gasteiger partial charge in [0, 0.05) is 68.2 Å². The van der Waals surface area contributed by atoms with Crippen LogP contribution in [-0.4, -0.2) is 89.4 Å². The van der Waals surface area contributed by atoms with E-state index in [4.69, 9.17) is 0 Å². The Bertz CT molecular complexity index is 4600. The number of halogens is 5. The Kier molecular flexibility index (Phi) is 15.5. The fourth-order valence-corrected chi connectivity index (χ4v) is 16.9. The van der Waals surface area contributed by atoms with Crippen molar-refractivity contribution >= 4 is 80.1 Å². The first-order valence-electron chi connectivity index (χ1n) is 26.4. The number of carboxylic acids is 3. The van der Waals surface area contributed by atoms with E-state index in [-0.39, 0.29) is 42.5 Å². The minimum Gasteiger partial charge on any atom is -0.480 e. The van der Waals surface area contributed by atoms with Gasteiger partial charge in [0.05, 0.1) is 31.9 Å². The summed E-state index contributed by atoms with van der Waals surface area (Å²) in [5.41, 5.74) is 9.02. The third kappa shape index (κ3) is 11.3. The summed E-state index contributed by atoms with van der Waals surface area (Å²) in [5.74, 6) is -7.97. The van der Waals surface area contributed by atoms with Crippen molar-refractivity contribution in [1.82, 2.24) is 13.7 Å². The number of aromatic nitrogens is 3. The number of hydrogen-bond acceptors (Lipinski definition) is 9. The summed E-state index contributed by atoms with van der Waals surface area (Å²) in [4.78, 5) is 34.1.